The number of imidazole rings is 1. The smallest absolute Gasteiger partial charge is 0.221 e. The molecule has 3 rings (SSSR count). The van der Waals surface area contributed by atoms with E-state index in [2.05, 4.69) is 15.3 Å². The van der Waals surface area contributed by atoms with Gasteiger partial charge in [0.1, 0.15) is 5.52 Å². The van der Waals surface area contributed by atoms with Gasteiger partial charge < -0.3 is 15.6 Å². The van der Waals surface area contributed by atoms with Crippen LogP contribution in [-0.2, 0) is 11.3 Å². The number of nitrogens with zero attached hydrogens (tertiary/aromatic N) is 3. The summed E-state index contributed by atoms with van der Waals surface area (Å²) < 4.78 is 1.97. The molecule has 6 heteroatoms. The summed E-state index contributed by atoms with van der Waals surface area (Å²) in [5, 5.41) is 3.88. The van der Waals surface area contributed by atoms with E-state index in [4.69, 9.17) is 5.73 Å². The van der Waals surface area contributed by atoms with Gasteiger partial charge in [0.15, 0.2) is 5.82 Å². The number of aryl methyl sites for hydroxylation is 1. The van der Waals surface area contributed by atoms with Gasteiger partial charge >= 0.3 is 0 Å². The lowest BCUT2D eigenvalue weighted by Crippen LogP contribution is -2.24. The van der Waals surface area contributed by atoms with Crippen molar-refractivity contribution in [3.05, 3.63) is 30.6 Å². The van der Waals surface area contributed by atoms with Crippen LogP contribution in [-0.4, -0.2) is 27.0 Å². The largest absolute Gasteiger partial charge is 0.382 e. The average molecular weight is 297 g/mol. The Kier molecular flexibility index (Phi) is 3.91. The molecule has 114 valence electrons. The maximum Gasteiger partial charge on any atom is 0.221 e. The fraction of sp³-hybridized carbons (Fsp3) is 0.312. The summed E-state index contributed by atoms with van der Waals surface area (Å²) in [6, 6.07) is 7.82. The van der Waals surface area contributed by atoms with Gasteiger partial charge in [0.25, 0.3) is 0 Å². The molecule has 0 atom stereocenters. The van der Waals surface area contributed by atoms with Gasteiger partial charge in [-0.2, -0.15) is 0 Å². The fourth-order valence-electron chi connectivity index (χ4n) is 2.55. The van der Waals surface area contributed by atoms with E-state index >= 15 is 0 Å². The van der Waals surface area contributed by atoms with Gasteiger partial charge in [-0.05, 0) is 12.5 Å². The molecule has 1 aromatic carbocycles. The summed E-state index contributed by atoms with van der Waals surface area (Å²) in [6.07, 6.45) is 3.08. The number of fused-ring (bicyclic) bond motifs is 3. The molecule has 0 fully saturated rings. The molecule has 0 saturated heterocycles. The van der Waals surface area contributed by atoms with Crippen LogP contribution in [0, 0.1) is 0 Å². The van der Waals surface area contributed by atoms with Crippen LogP contribution >= 0.6 is 0 Å². The van der Waals surface area contributed by atoms with E-state index in [1.165, 1.54) is 0 Å². The molecule has 0 aliphatic heterocycles. The Labute approximate surface area is 128 Å². The number of nitrogen functional groups attached to an aromatic ring is 1. The van der Waals surface area contributed by atoms with Crippen LogP contribution in [0.15, 0.2) is 30.6 Å². The highest BCUT2D eigenvalue weighted by Gasteiger charge is 2.12. The second kappa shape index (κ2) is 6.01. The van der Waals surface area contributed by atoms with Crippen molar-refractivity contribution in [2.24, 2.45) is 0 Å². The Morgan fingerprint density at radius 2 is 2.18 bits per heavy atom. The van der Waals surface area contributed by atoms with Crippen molar-refractivity contribution in [3.8, 4) is 0 Å². The lowest BCUT2D eigenvalue weighted by atomic mass is 10.2. The molecule has 2 heterocycles. The SMILES string of the molecule is CCCNC(=O)CCn1cnc2c(N)nc3ccccc3c21. The molecular formula is C16H19N5O. The maximum atomic E-state index is 11.8. The van der Waals surface area contributed by atoms with Crippen LogP contribution in [0.4, 0.5) is 5.82 Å². The molecule has 0 aliphatic carbocycles. The highest BCUT2D eigenvalue weighted by Crippen LogP contribution is 2.26. The zero-order chi connectivity index (χ0) is 15.5. The number of hydrogen-bond donors (Lipinski definition) is 2. The summed E-state index contributed by atoms with van der Waals surface area (Å²) in [4.78, 5) is 20.5. The van der Waals surface area contributed by atoms with Gasteiger partial charge in [0, 0.05) is 24.9 Å². The first-order valence-electron chi connectivity index (χ1n) is 7.46. The molecule has 0 aliphatic rings. The second-order valence-electron chi connectivity index (χ2n) is 5.25. The van der Waals surface area contributed by atoms with Crippen LogP contribution in [0.1, 0.15) is 19.8 Å². The Morgan fingerprint density at radius 1 is 1.36 bits per heavy atom. The maximum absolute atomic E-state index is 11.8. The molecule has 3 aromatic rings. The number of rotatable bonds is 5. The minimum Gasteiger partial charge on any atom is -0.382 e. The van der Waals surface area contributed by atoms with E-state index in [9.17, 15) is 4.79 Å². The average Bonchev–Trinajstić information content (AvgIpc) is 2.96. The number of pyridine rings is 1. The van der Waals surface area contributed by atoms with Crippen molar-refractivity contribution >= 4 is 33.7 Å². The number of nitrogens with two attached hydrogens (primary N) is 1. The number of amides is 1. The molecule has 1 amide bonds. The van der Waals surface area contributed by atoms with Crippen molar-refractivity contribution in [2.75, 3.05) is 12.3 Å². The van der Waals surface area contributed by atoms with Crippen molar-refractivity contribution in [3.63, 3.8) is 0 Å². The number of carbonyl (C=O) groups is 1. The minimum atomic E-state index is 0.0510. The Hall–Kier alpha value is -2.63. The molecule has 0 radical (unpaired) electrons. The van der Waals surface area contributed by atoms with Crippen LogP contribution in [0.5, 0.6) is 0 Å². The summed E-state index contributed by atoms with van der Waals surface area (Å²) in [5.74, 6) is 0.470. The summed E-state index contributed by atoms with van der Waals surface area (Å²) in [7, 11) is 0. The van der Waals surface area contributed by atoms with Crippen molar-refractivity contribution in [1.82, 2.24) is 19.9 Å². The monoisotopic (exact) mass is 297 g/mol. The summed E-state index contributed by atoms with van der Waals surface area (Å²) in [6.45, 7) is 3.31. The topological polar surface area (TPSA) is 85.8 Å². The summed E-state index contributed by atoms with van der Waals surface area (Å²) >= 11 is 0. The molecular weight excluding hydrogens is 278 g/mol. The van der Waals surface area contributed by atoms with Crippen molar-refractivity contribution in [2.45, 2.75) is 26.3 Å². The van der Waals surface area contributed by atoms with Crippen LogP contribution in [0.25, 0.3) is 21.9 Å². The van der Waals surface area contributed by atoms with E-state index in [1.807, 2.05) is 35.8 Å². The number of carbonyl (C=O) groups excluding carboxylic acids is 1. The predicted octanol–water partition coefficient (Wildman–Crippen LogP) is 2.08. The molecule has 0 unspecified atom stereocenters. The first-order chi connectivity index (χ1) is 10.7. The van der Waals surface area contributed by atoms with E-state index in [-0.39, 0.29) is 5.91 Å². The highest BCUT2D eigenvalue weighted by molar-refractivity contribution is 6.06. The predicted molar refractivity (Wildman–Crippen MR) is 87.4 cm³/mol. The van der Waals surface area contributed by atoms with E-state index in [1.54, 1.807) is 6.33 Å². The lowest BCUT2D eigenvalue weighted by Gasteiger charge is -2.08. The van der Waals surface area contributed by atoms with Crippen molar-refractivity contribution in [1.29, 1.82) is 0 Å². The first-order valence-corrected chi connectivity index (χ1v) is 7.46. The second-order valence-corrected chi connectivity index (χ2v) is 5.25. The Bertz CT molecular complexity index is 824. The zero-order valence-corrected chi connectivity index (χ0v) is 12.5. The molecule has 22 heavy (non-hydrogen) atoms. The van der Waals surface area contributed by atoms with Crippen LogP contribution in [0.3, 0.4) is 0 Å². The quantitative estimate of drug-likeness (QED) is 0.755. The molecule has 2 aromatic heterocycles. The number of aromatic nitrogens is 3. The fourth-order valence-corrected chi connectivity index (χ4v) is 2.55. The lowest BCUT2D eigenvalue weighted by molar-refractivity contribution is -0.121. The van der Waals surface area contributed by atoms with Crippen LogP contribution in [0.2, 0.25) is 0 Å². The molecule has 0 spiro atoms. The first kappa shape index (κ1) is 14.3. The number of para-hydroxylation sites is 1. The zero-order valence-electron chi connectivity index (χ0n) is 12.5. The number of anilines is 1. The van der Waals surface area contributed by atoms with Gasteiger partial charge in [0.2, 0.25) is 5.91 Å². The van der Waals surface area contributed by atoms with Crippen LogP contribution < -0.4 is 11.1 Å². The minimum absolute atomic E-state index is 0.0510. The van der Waals surface area contributed by atoms with Gasteiger partial charge in [-0.25, -0.2) is 9.97 Å². The molecule has 0 bridgehead atoms. The third kappa shape index (κ3) is 2.59. The van der Waals surface area contributed by atoms with Gasteiger partial charge in [-0.15, -0.1) is 0 Å². The van der Waals surface area contributed by atoms with E-state index in [0.717, 1.165) is 22.8 Å². The number of hydrogen-bond acceptors (Lipinski definition) is 4. The van der Waals surface area contributed by atoms with Gasteiger partial charge in [0.05, 0.1) is 17.4 Å². The van der Waals surface area contributed by atoms with Crippen molar-refractivity contribution < 1.29 is 4.79 Å². The number of benzene rings is 1. The van der Waals surface area contributed by atoms with E-state index < -0.39 is 0 Å². The third-order valence-electron chi connectivity index (χ3n) is 3.63. The highest BCUT2D eigenvalue weighted by atomic mass is 16.1. The normalized spacial score (nSPS) is 11.1. The van der Waals surface area contributed by atoms with Gasteiger partial charge in [-0.1, -0.05) is 25.1 Å². The summed E-state index contributed by atoms with van der Waals surface area (Å²) in [5.41, 5.74) is 8.45. The van der Waals surface area contributed by atoms with E-state index in [0.29, 0.717) is 30.8 Å². The molecule has 6 nitrogen and oxygen atoms in total. The third-order valence-corrected chi connectivity index (χ3v) is 3.63. The molecule has 3 N–H and O–H groups in total. The standard InChI is InChI=1S/C16H19N5O/c1-2-8-18-13(22)7-9-21-10-19-14-15(21)11-5-3-4-6-12(11)20-16(14)17/h3-6,10H,2,7-9H2,1H3,(H2,17,20)(H,18,22). The molecule has 0 saturated carbocycles. The number of nitrogens with one attached hydrogen (secondary N) is 1. The Morgan fingerprint density at radius 3 is 3.00 bits per heavy atom. The Balaban J connectivity index is 1.95. The van der Waals surface area contributed by atoms with Gasteiger partial charge in [-0.3, -0.25) is 4.79 Å².